The highest BCUT2D eigenvalue weighted by Gasteiger charge is 1.93. The number of hydrogen-bond acceptors (Lipinski definition) is 3. The Hall–Kier alpha value is 0.340. The van der Waals surface area contributed by atoms with Crippen LogP contribution in [0.1, 0.15) is 20.3 Å². The van der Waals surface area contributed by atoms with Gasteiger partial charge in [0, 0.05) is 0 Å². The molecule has 0 aromatic rings. The fraction of sp³-hybridized carbons (Fsp3) is 1.00. The Bertz CT molecular complexity index is 101. The maximum Gasteiger partial charge on any atom is 0.323 e. The predicted molar refractivity (Wildman–Crippen MR) is 39.5 cm³/mol. The van der Waals surface area contributed by atoms with Crippen LogP contribution in [0, 0.1) is 0 Å². The summed E-state index contributed by atoms with van der Waals surface area (Å²) in [5, 5.41) is 0. The van der Waals surface area contributed by atoms with Crippen LogP contribution >= 0.6 is 16.5 Å². The first-order chi connectivity index (χ1) is 4.54. The third-order valence-corrected chi connectivity index (χ3v) is 1.57. The Morgan fingerprint density at radius 2 is 1.40 bits per heavy atom. The number of rotatable bonds is 2. The van der Waals surface area contributed by atoms with Crippen molar-refractivity contribution >= 4 is 16.5 Å². The SMILES string of the molecule is CCC.O=[PH](O)O[PH](=O)O. The molecule has 0 aliphatic carbocycles. The molecule has 0 rings (SSSR count). The average molecular weight is 190 g/mol. The standard InChI is InChI=1S/C3H8.H4O5P2/c1-3-2;1-6(2)5-7(3)4/h3H2,1-2H3;6-7H,(H,1,2)(H,3,4). The largest absolute Gasteiger partial charge is 0.326 e. The molecule has 2 N–H and O–H groups in total. The van der Waals surface area contributed by atoms with E-state index >= 15 is 0 Å². The molecule has 64 valence electrons. The highest BCUT2D eigenvalue weighted by Crippen LogP contribution is 2.30. The van der Waals surface area contributed by atoms with Gasteiger partial charge in [-0.1, -0.05) is 20.3 Å². The van der Waals surface area contributed by atoms with Crippen LogP contribution in [-0.4, -0.2) is 9.79 Å². The van der Waals surface area contributed by atoms with Gasteiger partial charge in [0.25, 0.3) is 0 Å². The molecule has 0 aliphatic heterocycles. The molecule has 0 spiro atoms. The van der Waals surface area contributed by atoms with Gasteiger partial charge >= 0.3 is 16.5 Å². The minimum atomic E-state index is -3.20. The zero-order valence-corrected chi connectivity index (χ0v) is 7.83. The summed E-state index contributed by atoms with van der Waals surface area (Å²) in [5.41, 5.74) is 0. The van der Waals surface area contributed by atoms with Crippen LogP contribution < -0.4 is 0 Å². The minimum absolute atomic E-state index is 1.25. The minimum Gasteiger partial charge on any atom is -0.326 e. The van der Waals surface area contributed by atoms with Crippen LogP contribution in [0.3, 0.4) is 0 Å². The molecule has 0 aliphatic rings. The van der Waals surface area contributed by atoms with Gasteiger partial charge in [0.1, 0.15) is 0 Å². The van der Waals surface area contributed by atoms with E-state index in [2.05, 4.69) is 18.2 Å². The average Bonchev–Trinajstić information content (AvgIpc) is 1.62. The normalized spacial score (nSPS) is 14.8. The molecule has 5 nitrogen and oxygen atoms in total. The third-order valence-electron chi connectivity index (χ3n) is 0.175. The molecule has 0 saturated heterocycles. The highest BCUT2D eigenvalue weighted by atomic mass is 31.2. The Labute approximate surface area is 60.9 Å². The predicted octanol–water partition coefficient (Wildman–Crippen LogP) is 1.18. The van der Waals surface area contributed by atoms with Crippen molar-refractivity contribution in [1.82, 2.24) is 0 Å². The summed E-state index contributed by atoms with van der Waals surface area (Å²) in [6.45, 7) is 4.25. The first-order valence-corrected chi connectivity index (χ1v) is 5.21. The summed E-state index contributed by atoms with van der Waals surface area (Å²) in [4.78, 5) is 15.4. The van der Waals surface area contributed by atoms with Gasteiger partial charge < -0.3 is 9.79 Å². The van der Waals surface area contributed by atoms with Crippen molar-refractivity contribution in [1.29, 1.82) is 0 Å². The summed E-state index contributed by atoms with van der Waals surface area (Å²) in [6, 6.07) is 0. The molecular weight excluding hydrogens is 178 g/mol. The summed E-state index contributed by atoms with van der Waals surface area (Å²) < 4.78 is 22.3. The van der Waals surface area contributed by atoms with Crippen LogP contribution in [-0.2, 0) is 13.4 Å². The van der Waals surface area contributed by atoms with E-state index in [0.717, 1.165) is 0 Å². The monoisotopic (exact) mass is 190 g/mol. The molecule has 2 unspecified atom stereocenters. The van der Waals surface area contributed by atoms with Crippen LogP contribution in [0.15, 0.2) is 0 Å². The Balaban J connectivity index is 0. The maximum absolute atomic E-state index is 9.44. The van der Waals surface area contributed by atoms with Gasteiger partial charge in [0.15, 0.2) is 0 Å². The molecule has 0 amide bonds. The van der Waals surface area contributed by atoms with Gasteiger partial charge in [-0.15, -0.1) is 0 Å². The van der Waals surface area contributed by atoms with Crippen molar-refractivity contribution in [3.63, 3.8) is 0 Å². The third kappa shape index (κ3) is 23.9. The second-order valence-electron chi connectivity index (χ2n) is 1.34. The molecule has 2 atom stereocenters. The van der Waals surface area contributed by atoms with E-state index in [4.69, 9.17) is 9.79 Å². The van der Waals surface area contributed by atoms with Crippen molar-refractivity contribution in [2.24, 2.45) is 0 Å². The van der Waals surface area contributed by atoms with Crippen LogP contribution in [0.5, 0.6) is 0 Å². The van der Waals surface area contributed by atoms with Crippen molar-refractivity contribution in [3.8, 4) is 0 Å². The molecule has 0 aromatic heterocycles. The van der Waals surface area contributed by atoms with Crippen LogP contribution in [0.25, 0.3) is 0 Å². The molecule has 0 aromatic carbocycles. The van der Waals surface area contributed by atoms with E-state index in [1.54, 1.807) is 0 Å². The smallest absolute Gasteiger partial charge is 0.323 e. The van der Waals surface area contributed by atoms with Crippen LogP contribution in [0.4, 0.5) is 0 Å². The quantitative estimate of drug-likeness (QED) is 0.638. The molecule has 0 saturated carbocycles. The lowest BCUT2D eigenvalue weighted by atomic mass is 10.6. The van der Waals surface area contributed by atoms with Crippen molar-refractivity contribution < 1.29 is 23.2 Å². The van der Waals surface area contributed by atoms with Gasteiger partial charge in [0.2, 0.25) is 0 Å². The first kappa shape index (κ1) is 13.0. The summed E-state index contributed by atoms with van der Waals surface area (Å²) >= 11 is 0. The molecule has 0 fully saturated rings. The lowest BCUT2D eigenvalue weighted by Gasteiger charge is -1.86. The number of hydrogen-bond donors (Lipinski definition) is 2. The van der Waals surface area contributed by atoms with E-state index in [1.165, 1.54) is 6.42 Å². The second-order valence-corrected chi connectivity index (χ2v) is 3.22. The zero-order valence-electron chi connectivity index (χ0n) is 5.83. The van der Waals surface area contributed by atoms with Gasteiger partial charge in [-0.05, 0) is 0 Å². The second kappa shape index (κ2) is 9.34. The van der Waals surface area contributed by atoms with Gasteiger partial charge in [0.05, 0.1) is 0 Å². The summed E-state index contributed by atoms with van der Waals surface area (Å²) in [7, 11) is -6.40. The molecule has 0 bridgehead atoms. The molecule has 7 heteroatoms. The topological polar surface area (TPSA) is 83.8 Å². The zero-order chi connectivity index (χ0) is 8.57. The maximum atomic E-state index is 9.44. The fourth-order valence-electron chi connectivity index (χ4n) is 0.0747. The molecular formula is C3H12O5P2. The lowest BCUT2D eigenvalue weighted by molar-refractivity contribution is 0.371. The Kier molecular flexibility index (Phi) is 12.1. The Morgan fingerprint density at radius 3 is 1.40 bits per heavy atom. The molecule has 0 radical (unpaired) electrons. The van der Waals surface area contributed by atoms with Crippen molar-refractivity contribution in [2.75, 3.05) is 0 Å². The van der Waals surface area contributed by atoms with Crippen molar-refractivity contribution in [2.45, 2.75) is 20.3 Å². The van der Waals surface area contributed by atoms with Crippen LogP contribution in [0.2, 0.25) is 0 Å². The molecule has 10 heavy (non-hydrogen) atoms. The van der Waals surface area contributed by atoms with E-state index in [-0.39, 0.29) is 0 Å². The molecule has 0 heterocycles. The summed E-state index contributed by atoms with van der Waals surface area (Å²) in [5.74, 6) is 0. The Morgan fingerprint density at radius 1 is 1.20 bits per heavy atom. The van der Waals surface area contributed by atoms with E-state index in [1.807, 2.05) is 0 Å². The van der Waals surface area contributed by atoms with Gasteiger partial charge in [-0.2, -0.15) is 0 Å². The van der Waals surface area contributed by atoms with Gasteiger partial charge in [-0.25, -0.2) is 4.31 Å². The van der Waals surface area contributed by atoms with E-state index < -0.39 is 16.5 Å². The van der Waals surface area contributed by atoms with Crippen molar-refractivity contribution in [3.05, 3.63) is 0 Å². The summed E-state index contributed by atoms with van der Waals surface area (Å²) in [6.07, 6.45) is 1.25. The highest BCUT2D eigenvalue weighted by molar-refractivity contribution is 7.46. The van der Waals surface area contributed by atoms with Gasteiger partial charge in [-0.3, -0.25) is 9.13 Å². The van der Waals surface area contributed by atoms with E-state index in [9.17, 15) is 9.13 Å². The fourth-order valence-corrected chi connectivity index (χ4v) is 0.672. The first-order valence-electron chi connectivity index (χ1n) is 2.68. The van der Waals surface area contributed by atoms with E-state index in [0.29, 0.717) is 0 Å². The lowest BCUT2D eigenvalue weighted by Crippen LogP contribution is -1.58.